The molecular weight excluding hydrogens is 755 g/mol. The fraction of sp³-hybridized carbons (Fsp3) is 0. The molecule has 0 saturated heterocycles. The smallest absolute Gasteiger partial charge is 0.164 e. The van der Waals surface area contributed by atoms with Gasteiger partial charge in [0.15, 0.2) is 17.5 Å². The van der Waals surface area contributed by atoms with Crippen LogP contribution < -0.4 is 4.90 Å². The number of anilines is 3. The fourth-order valence-electron chi connectivity index (χ4n) is 8.54. The molecule has 2 heterocycles. The van der Waals surface area contributed by atoms with Gasteiger partial charge in [0.05, 0.1) is 16.7 Å². The van der Waals surface area contributed by atoms with Crippen LogP contribution in [0.15, 0.2) is 237 Å². The largest absolute Gasteiger partial charge is 0.310 e. The predicted molar refractivity (Wildman–Crippen MR) is 256 cm³/mol. The zero-order chi connectivity index (χ0) is 41.2. The Kier molecular flexibility index (Phi) is 9.45. The van der Waals surface area contributed by atoms with E-state index >= 15 is 0 Å². The van der Waals surface area contributed by atoms with Crippen LogP contribution in [0.4, 0.5) is 17.1 Å². The van der Waals surface area contributed by atoms with Crippen LogP contribution in [0.25, 0.3) is 83.9 Å². The Morgan fingerprint density at radius 1 is 0.290 bits per heavy atom. The number of para-hydroxylation sites is 1. The zero-order valence-electron chi connectivity index (χ0n) is 33.8. The third kappa shape index (κ3) is 6.78. The highest BCUT2D eigenvalue weighted by Crippen LogP contribution is 2.47. The highest BCUT2D eigenvalue weighted by Gasteiger charge is 2.25. The number of aromatic nitrogens is 4. The van der Waals surface area contributed by atoms with Crippen molar-refractivity contribution >= 4 is 38.9 Å². The van der Waals surface area contributed by atoms with Crippen molar-refractivity contribution in [2.75, 3.05) is 4.90 Å². The van der Waals surface area contributed by atoms with E-state index < -0.39 is 0 Å². The second-order valence-corrected chi connectivity index (χ2v) is 15.2. The van der Waals surface area contributed by atoms with Crippen LogP contribution in [0.3, 0.4) is 0 Å². The van der Waals surface area contributed by atoms with Crippen molar-refractivity contribution in [1.29, 1.82) is 0 Å². The molecule has 0 aliphatic heterocycles. The Balaban J connectivity index is 1.20. The molecule has 5 heteroatoms. The lowest BCUT2D eigenvalue weighted by atomic mass is 10.0. The molecular formula is C57H39N5. The maximum absolute atomic E-state index is 5.26. The molecule has 0 spiro atoms. The summed E-state index contributed by atoms with van der Waals surface area (Å²) < 4.78 is 2.37. The van der Waals surface area contributed by atoms with E-state index in [0.717, 1.165) is 72.4 Å². The summed E-state index contributed by atoms with van der Waals surface area (Å²) in [5, 5.41) is 2.14. The molecule has 0 unspecified atom stereocenters. The number of rotatable bonds is 9. The summed E-state index contributed by atoms with van der Waals surface area (Å²) in [6.07, 6.45) is 0. The maximum Gasteiger partial charge on any atom is 0.164 e. The summed E-state index contributed by atoms with van der Waals surface area (Å²) in [4.78, 5) is 17.9. The molecule has 0 saturated carbocycles. The van der Waals surface area contributed by atoms with Gasteiger partial charge in [-0.05, 0) is 76.9 Å². The van der Waals surface area contributed by atoms with Gasteiger partial charge in [0.25, 0.3) is 0 Å². The Hall–Kier alpha value is -8.41. The summed E-state index contributed by atoms with van der Waals surface area (Å²) >= 11 is 0. The highest BCUT2D eigenvalue weighted by atomic mass is 15.1. The minimum absolute atomic E-state index is 0.608. The number of hydrogen-bond donors (Lipinski definition) is 0. The van der Waals surface area contributed by atoms with Crippen LogP contribution in [0.5, 0.6) is 0 Å². The van der Waals surface area contributed by atoms with Crippen LogP contribution in [0.1, 0.15) is 0 Å². The zero-order valence-corrected chi connectivity index (χ0v) is 33.8. The Morgan fingerprint density at radius 3 is 1.16 bits per heavy atom. The molecule has 0 aliphatic rings. The van der Waals surface area contributed by atoms with Gasteiger partial charge in [0.2, 0.25) is 0 Å². The van der Waals surface area contributed by atoms with Crippen molar-refractivity contribution in [2.45, 2.75) is 0 Å². The Labute approximate surface area is 360 Å². The molecule has 62 heavy (non-hydrogen) atoms. The topological polar surface area (TPSA) is 46.8 Å². The molecule has 0 fully saturated rings. The number of nitrogens with zero attached hydrogens (tertiary/aromatic N) is 5. The van der Waals surface area contributed by atoms with Crippen LogP contribution >= 0.6 is 0 Å². The molecule has 0 amide bonds. The number of hydrogen-bond acceptors (Lipinski definition) is 4. The molecule has 292 valence electrons. The molecule has 0 atom stereocenters. The lowest BCUT2D eigenvalue weighted by molar-refractivity contribution is 1.08. The first kappa shape index (κ1) is 36.7. The molecule has 0 N–H and O–H groups in total. The van der Waals surface area contributed by atoms with E-state index in [1.165, 1.54) is 11.1 Å². The molecule has 11 rings (SSSR count). The van der Waals surface area contributed by atoms with Crippen molar-refractivity contribution in [2.24, 2.45) is 0 Å². The van der Waals surface area contributed by atoms with Gasteiger partial charge < -0.3 is 9.47 Å². The minimum Gasteiger partial charge on any atom is -0.310 e. The summed E-state index contributed by atoms with van der Waals surface area (Å²) in [5.74, 6) is 1.85. The van der Waals surface area contributed by atoms with Gasteiger partial charge in [-0.3, -0.25) is 0 Å². The minimum atomic E-state index is 0.608. The summed E-state index contributed by atoms with van der Waals surface area (Å²) in [6.45, 7) is 0. The SMILES string of the molecule is c1ccc(-c2ccc(N(c3ccc(-c4ccccc4)cc3)c3cccc4c3c3c(-c5nc(-c6ccccc6)nc(-c6ccccc6)n5)cccc3n4-c3ccccc3)cc2)cc1. The quantitative estimate of drug-likeness (QED) is 0.146. The van der Waals surface area contributed by atoms with E-state index in [1.807, 2.05) is 36.4 Å². The number of fused-ring (bicyclic) bond motifs is 3. The normalized spacial score (nSPS) is 11.2. The molecule has 0 radical (unpaired) electrons. The lowest BCUT2D eigenvalue weighted by Gasteiger charge is -2.27. The van der Waals surface area contributed by atoms with E-state index in [4.69, 9.17) is 15.0 Å². The van der Waals surface area contributed by atoms with Gasteiger partial charge in [-0.1, -0.05) is 182 Å². The van der Waals surface area contributed by atoms with Gasteiger partial charge in [-0.25, -0.2) is 15.0 Å². The van der Waals surface area contributed by atoms with Gasteiger partial charge in [0, 0.05) is 44.5 Å². The van der Waals surface area contributed by atoms with Crippen LogP contribution in [-0.2, 0) is 0 Å². The summed E-state index contributed by atoms with van der Waals surface area (Å²) in [6, 6.07) is 82.9. The van der Waals surface area contributed by atoms with Gasteiger partial charge in [-0.2, -0.15) is 0 Å². The van der Waals surface area contributed by atoms with E-state index in [9.17, 15) is 0 Å². The van der Waals surface area contributed by atoms with E-state index in [0.29, 0.717) is 17.5 Å². The first-order valence-electron chi connectivity index (χ1n) is 20.9. The number of benzene rings is 9. The van der Waals surface area contributed by atoms with Crippen molar-refractivity contribution < 1.29 is 0 Å². The average Bonchev–Trinajstić information content (AvgIpc) is 3.71. The maximum atomic E-state index is 5.26. The van der Waals surface area contributed by atoms with Gasteiger partial charge >= 0.3 is 0 Å². The third-order valence-corrected chi connectivity index (χ3v) is 11.5. The molecule has 2 aromatic heterocycles. The van der Waals surface area contributed by atoms with Gasteiger partial charge in [-0.15, -0.1) is 0 Å². The van der Waals surface area contributed by atoms with Crippen LogP contribution in [-0.4, -0.2) is 19.5 Å². The Bertz CT molecular complexity index is 3150. The average molecular weight is 794 g/mol. The molecule has 5 nitrogen and oxygen atoms in total. The van der Waals surface area contributed by atoms with Crippen molar-refractivity contribution in [3.63, 3.8) is 0 Å². The van der Waals surface area contributed by atoms with Crippen LogP contribution in [0, 0.1) is 0 Å². The van der Waals surface area contributed by atoms with Crippen molar-refractivity contribution in [3.8, 4) is 62.1 Å². The predicted octanol–water partition coefficient (Wildman–Crippen LogP) is 14.8. The second-order valence-electron chi connectivity index (χ2n) is 15.2. The Morgan fingerprint density at radius 2 is 0.677 bits per heavy atom. The standard InChI is InChI=1S/C57H39N5/c1-6-18-40(19-7-1)42-32-36-47(37-33-42)61(48-38-34-43(35-39-48)41-20-8-2-9-21-41)51-30-17-31-52-54(51)53-49(28-16-29-50(53)62(52)46-26-14-5-15-27-46)57-59-55(44-22-10-3-11-23-44)58-56(60-57)45-24-12-4-13-25-45/h1-39H. The summed E-state index contributed by atoms with van der Waals surface area (Å²) in [5.41, 5.74) is 13.8. The summed E-state index contributed by atoms with van der Waals surface area (Å²) in [7, 11) is 0. The van der Waals surface area contributed by atoms with Crippen molar-refractivity contribution in [1.82, 2.24) is 19.5 Å². The first-order valence-corrected chi connectivity index (χ1v) is 20.9. The monoisotopic (exact) mass is 793 g/mol. The molecule has 9 aromatic carbocycles. The van der Waals surface area contributed by atoms with E-state index in [2.05, 4.69) is 210 Å². The highest BCUT2D eigenvalue weighted by molar-refractivity contribution is 6.21. The molecule has 11 aromatic rings. The third-order valence-electron chi connectivity index (χ3n) is 11.5. The van der Waals surface area contributed by atoms with Crippen LogP contribution in [0.2, 0.25) is 0 Å². The van der Waals surface area contributed by atoms with E-state index in [-0.39, 0.29) is 0 Å². The fourth-order valence-corrected chi connectivity index (χ4v) is 8.54. The van der Waals surface area contributed by atoms with Gasteiger partial charge in [0.1, 0.15) is 0 Å². The first-order chi connectivity index (χ1) is 30.8. The van der Waals surface area contributed by atoms with Crippen molar-refractivity contribution in [3.05, 3.63) is 237 Å². The van der Waals surface area contributed by atoms with E-state index in [1.54, 1.807) is 0 Å². The molecule has 0 aliphatic carbocycles. The lowest BCUT2D eigenvalue weighted by Crippen LogP contribution is -2.10. The molecule has 0 bridgehead atoms. The second kappa shape index (κ2) is 16.0.